The molecule has 10 heteroatoms. The van der Waals surface area contributed by atoms with Crippen LogP contribution in [0.25, 0.3) is 5.76 Å². The monoisotopic (exact) mass is 400 g/mol. The number of nitrogens with zero attached hydrogens (tertiary/aromatic N) is 2. The highest BCUT2D eigenvalue weighted by Crippen LogP contribution is 2.35. The van der Waals surface area contributed by atoms with Crippen molar-refractivity contribution in [1.29, 1.82) is 0 Å². The quantitative estimate of drug-likeness (QED) is 0.103. The average molecular weight is 400 g/mol. The van der Waals surface area contributed by atoms with Crippen LogP contribution in [0.3, 0.4) is 0 Å². The summed E-state index contributed by atoms with van der Waals surface area (Å²) in [4.78, 5) is 26.1. The van der Waals surface area contributed by atoms with Crippen molar-refractivity contribution in [2.75, 3.05) is 6.61 Å². The maximum atomic E-state index is 14.6. The van der Waals surface area contributed by atoms with Gasteiger partial charge in [0.15, 0.2) is 5.82 Å². The Morgan fingerprint density at radius 1 is 1.32 bits per heavy atom. The van der Waals surface area contributed by atoms with E-state index in [0.717, 1.165) is 26.0 Å². The van der Waals surface area contributed by atoms with Gasteiger partial charge in [0, 0.05) is 11.8 Å². The summed E-state index contributed by atoms with van der Waals surface area (Å²) in [7, 11) is 0. The Morgan fingerprint density at radius 3 is 2.50 bits per heavy atom. The van der Waals surface area contributed by atoms with Gasteiger partial charge in [0.05, 0.1) is 17.6 Å². The van der Waals surface area contributed by atoms with Crippen LogP contribution in [-0.2, 0) is 9.53 Å². The molecule has 1 aromatic rings. The van der Waals surface area contributed by atoms with Crippen molar-refractivity contribution >= 4 is 23.6 Å². The molecule has 1 aliphatic rings. The van der Waals surface area contributed by atoms with E-state index in [1.165, 1.54) is 0 Å². The lowest BCUT2D eigenvalue weighted by Gasteiger charge is -2.11. The van der Waals surface area contributed by atoms with Crippen LogP contribution in [0.2, 0.25) is 0 Å². The lowest BCUT2D eigenvalue weighted by molar-refractivity contribution is -0.388. The molecule has 0 unspecified atom stereocenters. The average Bonchev–Trinajstić information content (AvgIpc) is 3.47. The normalized spacial score (nSPS) is 14.9. The van der Waals surface area contributed by atoms with Gasteiger partial charge in [-0.3, -0.25) is 15.1 Å². The van der Waals surface area contributed by atoms with E-state index < -0.39 is 56.5 Å². The summed E-state index contributed by atoms with van der Waals surface area (Å²) in [6.45, 7) is 2.69. The molecule has 1 aliphatic carbocycles. The summed E-state index contributed by atoms with van der Waals surface area (Å²) >= 11 is 0. The summed E-state index contributed by atoms with van der Waals surface area (Å²) in [5.41, 5.74) is -4.39. The van der Waals surface area contributed by atoms with Crippen LogP contribution < -0.4 is 0 Å². The number of carbonyl (C=O) groups is 1. The molecule has 1 fully saturated rings. The molecule has 0 radical (unpaired) electrons. The lowest BCUT2D eigenvalue weighted by Crippen LogP contribution is -2.15. The third-order valence-corrected chi connectivity index (χ3v) is 4.10. The molecule has 7 nitrogen and oxygen atoms in total. The number of aliphatic hydroxyl groups excluding tert-OH is 1. The summed E-state index contributed by atoms with van der Waals surface area (Å²) in [6.07, 6.45) is 3.62. The molecule has 1 aromatic carbocycles. The van der Waals surface area contributed by atoms with Gasteiger partial charge in [-0.15, -0.1) is 0 Å². The van der Waals surface area contributed by atoms with Gasteiger partial charge in [0.1, 0.15) is 22.7 Å². The number of esters is 1. The second kappa shape index (κ2) is 8.85. The molecule has 1 saturated carbocycles. The van der Waals surface area contributed by atoms with Crippen LogP contribution >= 0.6 is 0 Å². The fourth-order valence-electron chi connectivity index (χ4n) is 2.29. The highest BCUT2D eigenvalue weighted by Gasteiger charge is 2.35. The van der Waals surface area contributed by atoms with Crippen LogP contribution in [0, 0.1) is 34.5 Å². The van der Waals surface area contributed by atoms with Crippen molar-refractivity contribution in [3.05, 3.63) is 44.3 Å². The number of hydrogen-bond acceptors (Lipinski definition) is 6. The number of hydrogen-bond donors (Lipinski definition) is 1. The summed E-state index contributed by atoms with van der Waals surface area (Å²) in [6, 6.07) is -0.0993. The molecule has 0 atom stereocenters. The molecule has 2 rings (SSSR count). The molecule has 0 saturated heterocycles. The van der Waals surface area contributed by atoms with Gasteiger partial charge in [0.2, 0.25) is 5.82 Å². The maximum absolute atomic E-state index is 14.6. The van der Waals surface area contributed by atoms with Crippen molar-refractivity contribution in [2.24, 2.45) is 4.99 Å². The summed E-state index contributed by atoms with van der Waals surface area (Å²) in [5.74, 6) is -7.59. The summed E-state index contributed by atoms with van der Waals surface area (Å²) < 4.78 is 47.3. The first kappa shape index (κ1) is 21.4. The van der Waals surface area contributed by atoms with E-state index in [2.05, 4.69) is 4.99 Å². The molecule has 0 aromatic heterocycles. The zero-order valence-electron chi connectivity index (χ0n) is 15.3. The van der Waals surface area contributed by atoms with Crippen molar-refractivity contribution in [2.45, 2.75) is 45.6 Å². The Hall–Kier alpha value is -2.91. The van der Waals surface area contributed by atoms with Gasteiger partial charge >= 0.3 is 11.7 Å². The first-order valence-electron chi connectivity index (χ1n) is 8.65. The first-order valence-corrected chi connectivity index (χ1v) is 8.65. The third-order valence-electron chi connectivity index (χ3n) is 4.10. The van der Waals surface area contributed by atoms with E-state index in [1.807, 2.05) is 6.92 Å². The SMILES string of the molecule is CCCCOC(=O)/C(C=NC1CC1)=C(/O)c1c(F)c(C)c(F)c(F)c1[N+](=O)[O-]. The number of aliphatic hydroxyl groups is 1. The number of aliphatic imine (C=N–C) groups is 1. The van der Waals surface area contributed by atoms with Gasteiger partial charge in [-0.1, -0.05) is 13.3 Å². The highest BCUT2D eigenvalue weighted by molar-refractivity contribution is 6.15. The first-order chi connectivity index (χ1) is 13.2. The number of nitro groups is 1. The molecule has 1 N–H and O–H groups in total. The Bertz CT molecular complexity index is 864. The standard InChI is InChI=1S/C18H19F3N2O5/c1-3-4-7-28-18(25)11(8-22-10-5-6-10)17(24)12-13(19)9(2)14(20)15(21)16(12)23(26)27/h8,10,24H,3-7H2,1-2H3/b17-11+,22-8?. The highest BCUT2D eigenvalue weighted by atomic mass is 19.2. The topological polar surface area (TPSA) is 102 Å². The molecule has 0 bridgehead atoms. The number of nitro benzene ring substituents is 1. The van der Waals surface area contributed by atoms with Crippen LogP contribution in [0.15, 0.2) is 10.6 Å². The largest absolute Gasteiger partial charge is 0.506 e. The smallest absolute Gasteiger partial charge is 0.343 e. The van der Waals surface area contributed by atoms with E-state index in [0.29, 0.717) is 12.8 Å². The zero-order valence-corrected chi connectivity index (χ0v) is 15.3. The zero-order chi connectivity index (χ0) is 21.0. The van der Waals surface area contributed by atoms with Gasteiger partial charge in [-0.2, -0.15) is 4.39 Å². The van der Waals surface area contributed by atoms with E-state index in [1.54, 1.807) is 0 Å². The fraction of sp³-hybridized carbons (Fsp3) is 0.444. The second-order valence-corrected chi connectivity index (χ2v) is 6.31. The molecular formula is C18H19F3N2O5. The van der Waals surface area contributed by atoms with E-state index in [-0.39, 0.29) is 12.6 Å². The van der Waals surface area contributed by atoms with Crippen molar-refractivity contribution in [3.63, 3.8) is 0 Å². The van der Waals surface area contributed by atoms with E-state index >= 15 is 0 Å². The Balaban J connectivity index is 2.66. The minimum absolute atomic E-state index is 0.00916. The molecule has 0 heterocycles. The van der Waals surface area contributed by atoms with E-state index in [9.17, 15) is 33.2 Å². The Kier molecular flexibility index (Phi) is 6.76. The number of rotatable bonds is 8. The molecule has 0 aliphatic heterocycles. The van der Waals surface area contributed by atoms with Crippen molar-refractivity contribution in [1.82, 2.24) is 0 Å². The minimum atomic E-state index is -1.94. The van der Waals surface area contributed by atoms with Crippen LogP contribution in [0.4, 0.5) is 18.9 Å². The Labute approximate surface area is 158 Å². The maximum Gasteiger partial charge on any atom is 0.343 e. The van der Waals surface area contributed by atoms with E-state index in [4.69, 9.17) is 4.74 Å². The van der Waals surface area contributed by atoms with Crippen molar-refractivity contribution < 1.29 is 32.7 Å². The van der Waals surface area contributed by atoms with Gasteiger partial charge in [-0.25, -0.2) is 13.6 Å². The minimum Gasteiger partial charge on any atom is -0.506 e. The molecule has 0 amide bonds. The predicted octanol–water partition coefficient (Wildman–Crippen LogP) is 4.17. The number of unbranched alkanes of at least 4 members (excludes halogenated alkanes) is 1. The van der Waals surface area contributed by atoms with Gasteiger partial charge < -0.3 is 9.84 Å². The molecule has 28 heavy (non-hydrogen) atoms. The number of carbonyl (C=O) groups excluding carboxylic acids is 1. The number of halogens is 3. The number of ether oxygens (including phenoxy) is 1. The predicted molar refractivity (Wildman–Crippen MR) is 94.6 cm³/mol. The third kappa shape index (κ3) is 4.49. The second-order valence-electron chi connectivity index (χ2n) is 6.31. The fourth-order valence-corrected chi connectivity index (χ4v) is 2.29. The molecule has 0 spiro atoms. The van der Waals surface area contributed by atoms with Crippen LogP contribution in [-0.4, -0.2) is 34.9 Å². The van der Waals surface area contributed by atoms with Gasteiger partial charge in [-0.05, 0) is 26.2 Å². The summed E-state index contributed by atoms with van der Waals surface area (Å²) in [5, 5.41) is 21.6. The lowest BCUT2D eigenvalue weighted by atomic mass is 10.0. The molecular weight excluding hydrogens is 381 g/mol. The number of benzene rings is 1. The Morgan fingerprint density at radius 2 is 1.96 bits per heavy atom. The van der Waals surface area contributed by atoms with Crippen molar-refractivity contribution in [3.8, 4) is 0 Å². The van der Waals surface area contributed by atoms with Crippen LogP contribution in [0.1, 0.15) is 43.7 Å². The van der Waals surface area contributed by atoms with Crippen LogP contribution in [0.5, 0.6) is 0 Å². The van der Waals surface area contributed by atoms with Gasteiger partial charge in [0.25, 0.3) is 0 Å². The molecule has 152 valence electrons.